The second-order valence-corrected chi connectivity index (χ2v) is 3.41. The summed E-state index contributed by atoms with van der Waals surface area (Å²) in [6, 6.07) is 5.47. The van der Waals surface area contributed by atoms with Crippen LogP contribution < -0.4 is 5.32 Å². The van der Waals surface area contributed by atoms with Gasteiger partial charge >= 0.3 is 0 Å². The van der Waals surface area contributed by atoms with Crippen LogP contribution in [0.2, 0.25) is 0 Å². The predicted molar refractivity (Wildman–Crippen MR) is 56.4 cm³/mol. The summed E-state index contributed by atoms with van der Waals surface area (Å²) < 4.78 is 14.3. The molecule has 1 aromatic carbocycles. The summed E-state index contributed by atoms with van der Waals surface area (Å²) in [5, 5.41) is 13.4. The number of nitrogens with zero attached hydrogens (tertiary/aromatic N) is 4. The smallest absolute Gasteiger partial charge is 0.251 e. The van der Waals surface area contributed by atoms with E-state index in [0.29, 0.717) is 5.82 Å². The number of tetrazole rings is 1. The Morgan fingerprint density at radius 1 is 1.53 bits per heavy atom. The lowest BCUT2D eigenvalue weighted by molar-refractivity contribution is 0.0949. The Kier molecular flexibility index (Phi) is 3.08. The summed E-state index contributed by atoms with van der Waals surface area (Å²) in [5.41, 5.74) is 0.264. The minimum atomic E-state index is -0.446. The van der Waals surface area contributed by atoms with Crippen LogP contribution in [0.25, 0.3) is 0 Å². The van der Waals surface area contributed by atoms with Crippen LogP contribution in [-0.2, 0) is 13.6 Å². The summed E-state index contributed by atoms with van der Waals surface area (Å²) in [6.45, 7) is 0.193. The van der Waals surface area contributed by atoms with Gasteiger partial charge in [0.15, 0.2) is 5.82 Å². The molecule has 1 aromatic heterocycles. The van der Waals surface area contributed by atoms with Crippen LogP contribution >= 0.6 is 0 Å². The first kappa shape index (κ1) is 11.2. The van der Waals surface area contributed by atoms with Gasteiger partial charge < -0.3 is 5.32 Å². The average Bonchev–Trinajstić information content (AvgIpc) is 2.72. The molecule has 0 radical (unpaired) electrons. The molecule has 1 N–H and O–H groups in total. The van der Waals surface area contributed by atoms with E-state index in [1.54, 1.807) is 7.05 Å². The van der Waals surface area contributed by atoms with Crippen molar-refractivity contribution in [2.24, 2.45) is 7.05 Å². The molecule has 88 valence electrons. The van der Waals surface area contributed by atoms with Crippen molar-refractivity contribution in [3.63, 3.8) is 0 Å². The van der Waals surface area contributed by atoms with Crippen LogP contribution in [0.3, 0.4) is 0 Å². The lowest BCUT2D eigenvalue weighted by atomic mass is 10.2. The number of benzene rings is 1. The molecule has 2 rings (SSSR count). The molecule has 1 amide bonds. The topological polar surface area (TPSA) is 72.7 Å². The fraction of sp³-hybridized carbons (Fsp3) is 0.200. The van der Waals surface area contributed by atoms with Crippen LogP contribution in [0.4, 0.5) is 4.39 Å². The number of nitrogens with one attached hydrogen (secondary N) is 1. The first-order valence-corrected chi connectivity index (χ1v) is 4.92. The number of amides is 1. The molecule has 0 atom stereocenters. The minimum absolute atomic E-state index is 0.193. The molecule has 2 aromatic rings. The first-order valence-electron chi connectivity index (χ1n) is 4.92. The largest absolute Gasteiger partial charge is 0.345 e. The van der Waals surface area contributed by atoms with Gasteiger partial charge in [0, 0.05) is 12.6 Å². The summed E-state index contributed by atoms with van der Waals surface area (Å²) in [7, 11) is 1.67. The number of carbonyl (C=O) groups excluding carboxylic acids is 1. The fourth-order valence-electron chi connectivity index (χ4n) is 1.29. The minimum Gasteiger partial charge on any atom is -0.345 e. The maximum atomic E-state index is 12.9. The number of halogens is 1. The van der Waals surface area contributed by atoms with Gasteiger partial charge in [-0.05, 0) is 28.6 Å². The highest BCUT2D eigenvalue weighted by Gasteiger charge is 2.08. The number of hydrogen-bond acceptors (Lipinski definition) is 4. The maximum Gasteiger partial charge on any atom is 0.251 e. The second-order valence-electron chi connectivity index (χ2n) is 3.41. The molecular weight excluding hydrogens is 225 g/mol. The molecule has 0 unspecified atom stereocenters. The zero-order chi connectivity index (χ0) is 12.3. The molecule has 17 heavy (non-hydrogen) atoms. The van der Waals surface area contributed by atoms with Gasteiger partial charge in [-0.2, -0.15) is 0 Å². The third kappa shape index (κ3) is 2.63. The van der Waals surface area contributed by atoms with Crippen LogP contribution in [0.1, 0.15) is 16.2 Å². The fourth-order valence-corrected chi connectivity index (χ4v) is 1.29. The quantitative estimate of drug-likeness (QED) is 0.829. The summed E-state index contributed by atoms with van der Waals surface area (Å²) in [4.78, 5) is 11.6. The molecule has 0 fully saturated rings. The maximum absolute atomic E-state index is 12.9. The van der Waals surface area contributed by atoms with Crippen molar-refractivity contribution in [1.29, 1.82) is 0 Å². The zero-order valence-corrected chi connectivity index (χ0v) is 9.09. The van der Waals surface area contributed by atoms with Gasteiger partial charge in [-0.3, -0.25) is 4.79 Å². The Hall–Kier alpha value is -2.31. The van der Waals surface area contributed by atoms with E-state index in [1.807, 2.05) is 0 Å². The highest BCUT2D eigenvalue weighted by atomic mass is 19.1. The van der Waals surface area contributed by atoms with Gasteiger partial charge in [0.25, 0.3) is 5.91 Å². The third-order valence-electron chi connectivity index (χ3n) is 2.20. The van der Waals surface area contributed by atoms with Gasteiger partial charge in [0.2, 0.25) is 0 Å². The van der Waals surface area contributed by atoms with Crippen molar-refractivity contribution in [1.82, 2.24) is 25.5 Å². The highest BCUT2D eigenvalue weighted by Crippen LogP contribution is 2.03. The van der Waals surface area contributed by atoms with Crippen LogP contribution in [-0.4, -0.2) is 26.1 Å². The molecule has 7 heteroatoms. The summed E-state index contributed by atoms with van der Waals surface area (Å²) >= 11 is 0. The molecule has 0 bridgehead atoms. The van der Waals surface area contributed by atoms with E-state index in [0.717, 1.165) is 0 Å². The van der Waals surface area contributed by atoms with E-state index in [4.69, 9.17) is 0 Å². The number of hydrogen-bond donors (Lipinski definition) is 1. The molecule has 0 saturated heterocycles. The van der Waals surface area contributed by atoms with Crippen molar-refractivity contribution in [2.45, 2.75) is 6.54 Å². The number of rotatable bonds is 3. The molecule has 0 aliphatic heterocycles. The molecule has 6 nitrogen and oxygen atoms in total. The number of aryl methyl sites for hydroxylation is 1. The van der Waals surface area contributed by atoms with E-state index in [1.165, 1.54) is 28.9 Å². The molecule has 0 aliphatic rings. The van der Waals surface area contributed by atoms with E-state index in [-0.39, 0.29) is 18.0 Å². The number of aromatic nitrogens is 4. The van der Waals surface area contributed by atoms with Gasteiger partial charge in [-0.15, -0.1) is 5.10 Å². The van der Waals surface area contributed by atoms with E-state index >= 15 is 0 Å². The van der Waals surface area contributed by atoms with Crippen molar-refractivity contribution >= 4 is 5.91 Å². The third-order valence-corrected chi connectivity index (χ3v) is 2.20. The Labute approximate surface area is 96.4 Å². The first-order chi connectivity index (χ1) is 8.16. The summed E-state index contributed by atoms with van der Waals surface area (Å²) in [5.74, 6) is -0.291. The van der Waals surface area contributed by atoms with Crippen molar-refractivity contribution in [3.05, 3.63) is 41.5 Å². The lowest BCUT2D eigenvalue weighted by Gasteiger charge is -2.03. The van der Waals surface area contributed by atoms with E-state index < -0.39 is 5.82 Å². The number of carbonyl (C=O) groups is 1. The second kappa shape index (κ2) is 4.69. The standard InChI is InChI=1S/C10H10FN5O/c1-16-9(13-14-15-16)6-12-10(17)7-3-2-4-8(11)5-7/h2-5H,6H2,1H3,(H,12,17). The molecule has 0 spiro atoms. The van der Waals surface area contributed by atoms with Crippen LogP contribution in [0, 0.1) is 5.82 Å². The molecule has 1 heterocycles. The Morgan fingerprint density at radius 2 is 2.35 bits per heavy atom. The average molecular weight is 235 g/mol. The molecular formula is C10H10FN5O. The SMILES string of the molecule is Cn1nnnc1CNC(=O)c1cccc(F)c1. The molecule has 0 saturated carbocycles. The van der Waals surface area contributed by atoms with E-state index in [2.05, 4.69) is 20.8 Å². The highest BCUT2D eigenvalue weighted by molar-refractivity contribution is 5.94. The van der Waals surface area contributed by atoms with Crippen molar-refractivity contribution < 1.29 is 9.18 Å². The van der Waals surface area contributed by atoms with Crippen molar-refractivity contribution in [2.75, 3.05) is 0 Å². The van der Waals surface area contributed by atoms with Gasteiger partial charge in [0.1, 0.15) is 5.82 Å². The Balaban J connectivity index is 2.01. The van der Waals surface area contributed by atoms with Gasteiger partial charge in [-0.25, -0.2) is 9.07 Å². The zero-order valence-electron chi connectivity index (χ0n) is 9.09. The normalized spacial score (nSPS) is 10.2. The predicted octanol–water partition coefficient (Wildman–Crippen LogP) is 0.279. The van der Waals surface area contributed by atoms with Crippen molar-refractivity contribution in [3.8, 4) is 0 Å². The lowest BCUT2D eigenvalue weighted by Crippen LogP contribution is -2.24. The van der Waals surface area contributed by atoms with Crippen LogP contribution in [0.15, 0.2) is 24.3 Å². The van der Waals surface area contributed by atoms with Gasteiger partial charge in [-0.1, -0.05) is 6.07 Å². The Morgan fingerprint density at radius 3 is 3.00 bits per heavy atom. The van der Waals surface area contributed by atoms with Gasteiger partial charge in [0.05, 0.1) is 6.54 Å². The van der Waals surface area contributed by atoms with E-state index in [9.17, 15) is 9.18 Å². The summed E-state index contributed by atoms with van der Waals surface area (Å²) in [6.07, 6.45) is 0. The monoisotopic (exact) mass is 235 g/mol. The Bertz CT molecular complexity index is 539. The van der Waals surface area contributed by atoms with Crippen LogP contribution in [0.5, 0.6) is 0 Å². The molecule has 0 aliphatic carbocycles.